The van der Waals surface area contributed by atoms with Crippen LogP contribution in [0.25, 0.3) is 0 Å². The van der Waals surface area contributed by atoms with Gasteiger partial charge in [0.05, 0.1) is 0 Å². The quantitative estimate of drug-likeness (QED) is 0.748. The highest BCUT2D eigenvalue weighted by Gasteiger charge is 2.20. The lowest BCUT2D eigenvalue weighted by molar-refractivity contribution is -0.155. The minimum Gasteiger partial charge on any atom is -0.349 e. The molecular weight excluding hydrogens is 235 g/mol. The molecule has 0 aromatic heterocycles. The highest BCUT2D eigenvalue weighted by Crippen LogP contribution is 2.20. The third-order valence-corrected chi connectivity index (χ3v) is 2.46. The zero-order valence-electron chi connectivity index (χ0n) is 9.00. The van der Waals surface area contributed by atoms with Gasteiger partial charge in [-0.25, -0.2) is 4.39 Å². The number of ether oxygens (including phenoxy) is 2. The molecule has 1 aromatic carbocycles. The molecule has 0 bridgehead atoms. The van der Waals surface area contributed by atoms with Crippen molar-refractivity contribution in [3.05, 3.63) is 34.6 Å². The monoisotopic (exact) mass is 246 g/mol. The van der Waals surface area contributed by atoms with E-state index in [9.17, 15) is 9.18 Å². The summed E-state index contributed by atoms with van der Waals surface area (Å²) >= 11 is 5.79. The first kappa shape index (κ1) is 13.1. The Labute approximate surface area is 98.1 Å². The molecule has 1 rings (SSSR count). The smallest absolute Gasteiger partial charge is 0.217 e. The number of carbonyl (C=O) groups is 1. The maximum Gasteiger partial charge on any atom is 0.217 e. The number of halogens is 2. The minimum atomic E-state index is -0.990. The van der Waals surface area contributed by atoms with Crippen LogP contribution >= 0.6 is 11.6 Å². The lowest BCUT2D eigenvalue weighted by Gasteiger charge is -2.12. The number of methoxy groups -OCH3 is 2. The molecule has 16 heavy (non-hydrogen) atoms. The van der Waals surface area contributed by atoms with Crippen molar-refractivity contribution >= 4 is 17.4 Å². The average molecular weight is 247 g/mol. The lowest BCUT2D eigenvalue weighted by Crippen LogP contribution is -2.26. The van der Waals surface area contributed by atoms with Gasteiger partial charge in [0.2, 0.25) is 6.29 Å². The summed E-state index contributed by atoms with van der Waals surface area (Å²) in [4.78, 5) is 11.6. The molecule has 0 fully saturated rings. The largest absolute Gasteiger partial charge is 0.349 e. The molecule has 0 aliphatic heterocycles. The second-order valence-corrected chi connectivity index (χ2v) is 3.55. The summed E-state index contributed by atoms with van der Waals surface area (Å²) in [5.41, 5.74) is 0.160. The SMILES string of the molecule is COC(OC)C(=O)Cc1c(F)cccc1Cl. The van der Waals surface area contributed by atoms with Crippen molar-refractivity contribution in [2.45, 2.75) is 12.7 Å². The molecule has 0 aliphatic carbocycles. The average Bonchev–Trinajstić information content (AvgIpc) is 2.25. The van der Waals surface area contributed by atoms with Crippen molar-refractivity contribution < 1.29 is 18.7 Å². The van der Waals surface area contributed by atoms with Crippen molar-refractivity contribution in [3.8, 4) is 0 Å². The molecule has 5 heteroatoms. The molecule has 0 heterocycles. The Hall–Kier alpha value is -0.970. The topological polar surface area (TPSA) is 35.5 Å². The van der Waals surface area contributed by atoms with Crippen LogP contribution in [0.1, 0.15) is 5.56 Å². The highest BCUT2D eigenvalue weighted by molar-refractivity contribution is 6.31. The van der Waals surface area contributed by atoms with E-state index < -0.39 is 12.1 Å². The number of hydrogen-bond acceptors (Lipinski definition) is 3. The van der Waals surface area contributed by atoms with Gasteiger partial charge in [-0.15, -0.1) is 0 Å². The van der Waals surface area contributed by atoms with Gasteiger partial charge in [-0.05, 0) is 12.1 Å². The second-order valence-electron chi connectivity index (χ2n) is 3.15. The van der Waals surface area contributed by atoms with Gasteiger partial charge in [0.25, 0.3) is 0 Å². The van der Waals surface area contributed by atoms with Crippen molar-refractivity contribution in [2.75, 3.05) is 14.2 Å². The number of benzene rings is 1. The predicted molar refractivity (Wildman–Crippen MR) is 57.9 cm³/mol. The van der Waals surface area contributed by atoms with Crippen LogP contribution in [-0.2, 0) is 20.7 Å². The summed E-state index contributed by atoms with van der Waals surface area (Å²) in [5.74, 6) is -0.885. The Kier molecular flexibility index (Phi) is 4.86. The predicted octanol–water partition coefficient (Wildman–Crippen LogP) is 2.21. The van der Waals surface area contributed by atoms with Crippen LogP contribution in [0.15, 0.2) is 18.2 Å². The number of carbonyl (C=O) groups excluding carboxylic acids is 1. The molecule has 0 saturated heterocycles. The van der Waals surface area contributed by atoms with Crippen LogP contribution in [-0.4, -0.2) is 26.3 Å². The summed E-state index contributed by atoms with van der Waals surface area (Å²) in [7, 11) is 2.68. The van der Waals surface area contributed by atoms with Gasteiger partial charge in [-0.2, -0.15) is 0 Å². The Morgan fingerprint density at radius 1 is 1.44 bits per heavy atom. The molecule has 0 spiro atoms. The van der Waals surface area contributed by atoms with E-state index >= 15 is 0 Å². The van der Waals surface area contributed by atoms with E-state index in [1.54, 1.807) is 0 Å². The van der Waals surface area contributed by atoms with Gasteiger partial charge < -0.3 is 9.47 Å². The van der Waals surface area contributed by atoms with E-state index in [4.69, 9.17) is 21.1 Å². The number of hydrogen-bond donors (Lipinski definition) is 0. The number of ketones is 1. The molecule has 0 radical (unpaired) electrons. The van der Waals surface area contributed by atoms with E-state index in [-0.39, 0.29) is 22.8 Å². The summed E-state index contributed by atoms with van der Waals surface area (Å²) in [6.45, 7) is 0. The Balaban J connectivity index is 2.84. The third-order valence-electron chi connectivity index (χ3n) is 2.10. The first-order valence-electron chi connectivity index (χ1n) is 4.61. The molecule has 0 saturated carbocycles. The molecule has 3 nitrogen and oxygen atoms in total. The van der Waals surface area contributed by atoms with Gasteiger partial charge >= 0.3 is 0 Å². The van der Waals surface area contributed by atoms with Crippen molar-refractivity contribution in [1.82, 2.24) is 0 Å². The van der Waals surface area contributed by atoms with Gasteiger partial charge in [-0.1, -0.05) is 17.7 Å². The summed E-state index contributed by atoms with van der Waals surface area (Å²) in [6.07, 6.45) is -1.15. The van der Waals surface area contributed by atoms with E-state index in [1.807, 2.05) is 0 Å². The van der Waals surface area contributed by atoms with Gasteiger partial charge in [-0.3, -0.25) is 4.79 Å². The molecule has 88 valence electrons. The normalized spacial score (nSPS) is 10.8. The molecule has 1 aromatic rings. The molecule has 0 atom stereocenters. The number of Topliss-reactive ketones (excluding diaryl/α,β-unsaturated/α-hetero) is 1. The zero-order chi connectivity index (χ0) is 12.1. The first-order valence-corrected chi connectivity index (χ1v) is 4.99. The van der Waals surface area contributed by atoms with Crippen LogP contribution in [0.5, 0.6) is 0 Å². The Morgan fingerprint density at radius 3 is 2.56 bits per heavy atom. The van der Waals surface area contributed by atoms with Crippen LogP contribution < -0.4 is 0 Å². The summed E-state index contributed by atoms with van der Waals surface area (Å²) < 4.78 is 22.9. The van der Waals surface area contributed by atoms with Crippen molar-refractivity contribution in [1.29, 1.82) is 0 Å². The first-order chi connectivity index (χ1) is 7.60. The van der Waals surface area contributed by atoms with E-state index in [2.05, 4.69) is 0 Å². The number of rotatable bonds is 5. The van der Waals surface area contributed by atoms with Crippen LogP contribution in [0.2, 0.25) is 5.02 Å². The fraction of sp³-hybridized carbons (Fsp3) is 0.364. The van der Waals surface area contributed by atoms with Crippen LogP contribution in [0, 0.1) is 5.82 Å². The maximum absolute atomic E-state index is 13.4. The van der Waals surface area contributed by atoms with E-state index in [0.717, 1.165) is 0 Å². The van der Waals surface area contributed by atoms with Crippen molar-refractivity contribution in [3.63, 3.8) is 0 Å². The zero-order valence-corrected chi connectivity index (χ0v) is 9.75. The second kappa shape index (κ2) is 5.94. The van der Waals surface area contributed by atoms with Crippen LogP contribution in [0.3, 0.4) is 0 Å². The summed E-state index contributed by atoms with van der Waals surface area (Å²) in [6, 6.07) is 4.26. The highest BCUT2D eigenvalue weighted by atomic mass is 35.5. The maximum atomic E-state index is 13.4. The fourth-order valence-electron chi connectivity index (χ4n) is 1.32. The van der Waals surface area contributed by atoms with E-state index in [0.29, 0.717) is 0 Å². The fourth-order valence-corrected chi connectivity index (χ4v) is 1.55. The van der Waals surface area contributed by atoms with Gasteiger partial charge in [0, 0.05) is 31.2 Å². The molecule has 0 unspecified atom stereocenters. The molecular formula is C11H12ClFO3. The molecule has 0 N–H and O–H groups in total. The van der Waals surface area contributed by atoms with E-state index in [1.165, 1.54) is 32.4 Å². The Bertz CT molecular complexity index is 357. The molecule has 0 aliphatic rings. The van der Waals surface area contributed by atoms with Crippen LogP contribution in [0.4, 0.5) is 4.39 Å². The van der Waals surface area contributed by atoms with Gasteiger partial charge in [0.15, 0.2) is 5.78 Å². The standard InChI is InChI=1S/C11H12ClFO3/c1-15-11(16-2)10(14)6-7-8(12)4-3-5-9(7)13/h3-5,11H,6H2,1-2H3. The molecule has 0 amide bonds. The third kappa shape index (κ3) is 3.01. The minimum absolute atomic E-state index is 0.155. The lowest BCUT2D eigenvalue weighted by atomic mass is 10.1. The summed E-state index contributed by atoms with van der Waals surface area (Å²) in [5, 5.41) is 0.222. The Morgan fingerprint density at radius 2 is 2.06 bits per heavy atom. The van der Waals surface area contributed by atoms with Gasteiger partial charge in [0.1, 0.15) is 5.82 Å². The van der Waals surface area contributed by atoms with Crippen molar-refractivity contribution in [2.24, 2.45) is 0 Å².